The number of benzene rings is 1. The average molecular weight is 272 g/mol. The van der Waals surface area contributed by atoms with E-state index in [-0.39, 0.29) is 11.9 Å². The zero-order valence-electron chi connectivity index (χ0n) is 12.1. The van der Waals surface area contributed by atoms with Crippen molar-refractivity contribution in [3.8, 4) is 0 Å². The summed E-state index contributed by atoms with van der Waals surface area (Å²) in [5.41, 5.74) is 4.16. The predicted molar refractivity (Wildman–Crippen MR) is 79.1 cm³/mol. The molecule has 0 atom stereocenters. The molecule has 2 aromatic rings. The van der Waals surface area contributed by atoms with Crippen molar-refractivity contribution in [1.29, 1.82) is 0 Å². The van der Waals surface area contributed by atoms with E-state index in [0.29, 0.717) is 6.10 Å². The molecule has 0 spiro atoms. The third-order valence-electron chi connectivity index (χ3n) is 4.33. The van der Waals surface area contributed by atoms with Crippen molar-refractivity contribution in [3.05, 3.63) is 35.0 Å². The highest BCUT2D eigenvalue weighted by molar-refractivity contribution is 5.99. The lowest BCUT2D eigenvalue weighted by atomic mass is 9.89. The topological polar surface area (TPSA) is 54.1 Å². The molecule has 2 N–H and O–H groups in total. The molecule has 1 aliphatic rings. The Kier molecular flexibility index (Phi) is 3.26. The molecule has 20 heavy (non-hydrogen) atoms. The summed E-state index contributed by atoms with van der Waals surface area (Å²) in [6.45, 7) is 4.12. The van der Waals surface area contributed by atoms with Gasteiger partial charge >= 0.3 is 0 Å². The fraction of sp³-hybridized carbons (Fsp3) is 0.438. The first-order valence-electron chi connectivity index (χ1n) is 7.01. The molecule has 1 fully saturated rings. The lowest BCUT2D eigenvalue weighted by Crippen LogP contribution is -2.47. The molecule has 3 rings (SSSR count). The van der Waals surface area contributed by atoms with Crippen LogP contribution in [0.2, 0.25) is 0 Å². The molecule has 4 nitrogen and oxygen atoms in total. The lowest BCUT2D eigenvalue weighted by Gasteiger charge is -2.34. The number of carbonyl (C=O) groups is 1. The molecule has 0 unspecified atom stereocenters. The number of aromatic nitrogens is 1. The number of aryl methyl sites for hydroxylation is 2. The van der Waals surface area contributed by atoms with Gasteiger partial charge in [0.05, 0.1) is 6.10 Å². The van der Waals surface area contributed by atoms with Crippen molar-refractivity contribution in [3.63, 3.8) is 0 Å². The second kappa shape index (κ2) is 4.94. The second-order valence-electron chi connectivity index (χ2n) is 5.63. The number of fused-ring (bicyclic) bond motifs is 1. The summed E-state index contributed by atoms with van der Waals surface area (Å²) >= 11 is 0. The summed E-state index contributed by atoms with van der Waals surface area (Å²) in [6.07, 6.45) is 2.12. The largest absolute Gasteiger partial charge is 0.381 e. The molecule has 1 heterocycles. The molecule has 0 aliphatic heterocycles. The van der Waals surface area contributed by atoms with Crippen molar-refractivity contribution in [2.75, 3.05) is 7.11 Å². The van der Waals surface area contributed by atoms with Crippen LogP contribution in [0.25, 0.3) is 10.9 Å². The van der Waals surface area contributed by atoms with Gasteiger partial charge in [0, 0.05) is 35.3 Å². The summed E-state index contributed by atoms with van der Waals surface area (Å²) in [4.78, 5) is 15.6. The van der Waals surface area contributed by atoms with Gasteiger partial charge in [0.2, 0.25) is 0 Å². The van der Waals surface area contributed by atoms with Gasteiger partial charge in [0.1, 0.15) is 0 Å². The standard InChI is InChI=1S/C16H20N2O2/c1-9-10(2)17-15-5-4-11(6-14(9)15)16(19)18-12-7-13(8-12)20-3/h4-6,12-13,17H,7-8H2,1-3H3,(H,18,19). The van der Waals surface area contributed by atoms with E-state index in [4.69, 9.17) is 4.74 Å². The third-order valence-corrected chi connectivity index (χ3v) is 4.33. The van der Waals surface area contributed by atoms with Crippen molar-refractivity contribution in [1.82, 2.24) is 10.3 Å². The zero-order chi connectivity index (χ0) is 14.3. The van der Waals surface area contributed by atoms with Crippen LogP contribution in [-0.2, 0) is 4.74 Å². The minimum Gasteiger partial charge on any atom is -0.381 e. The molecule has 1 aliphatic carbocycles. The average Bonchev–Trinajstić information content (AvgIpc) is 2.68. The summed E-state index contributed by atoms with van der Waals surface area (Å²) in [7, 11) is 1.72. The molecular formula is C16H20N2O2. The Morgan fingerprint density at radius 3 is 2.80 bits per heavy atom. The quantitative estimate of drug-likeness (QED) is 0.902. The molecule has 0 bridgehead atoms. The minimum atomic E-state index is 0.00436. The summed E-state index contributed by atoms with van der Waals surface area (Å²) < 4.78 is 5.22. The molecule has 4 heteroatoms. The minimum absolute atomic E-state index is 0.00436. The Balaban J connectivity index is 1.76. The first-order chi connectivity index (χ1) is 9.58. The van der Waals surface area contributed by atoms with Gasteiger partial charge in [-0.3, -0.25) is 4.79 Å². The molecule has 0 radical (unpaired) electrons. The molecule has 0 saturated heterocycles. The second-order valence-corrected chi connectivity index (χ2v) is 5.63. The predicted octanol–water partition coefficient (Wildman–Crippen LogP) is 2.69. The van der Waals surface area contributed by atoms with Crippen LogP contribution in [0.15, 0.2) is 18.2 Å². The monoisotopic (exact) mass is 272 g/mol. The van der Waals surface area contributed by atoms with Gasteiger partial charge in [-0.2, -0.15) is 0 Å². The number of H-pyrrole nitrogens is 1. The molecule has 1 aromatic heterocycles. The summed E-state index contributed by atoms with van der Waals surface area (Å²) in [5, 5.41) is 4.18. The number of aromatic amines is 1. The Hall–Kier alpha value is -1.81. The molecule has 1 aromatic carbocycles. The van der Waals surface area contributed by atoms with E-state index in [1.165, 1.54) is 5.56 Å². The Morgan fingerprint density at radius 2 is 2.10 bits per heavy atom. The number of carbonyl (C=O) groups excluding carboxylic acids is 1. The van der Waals surface area contributed by atoms with E-state index >= 15 is 0 Å². The maximum absolute atomic E-state index is 12.2. The third kappa shape index (κ3) is 2.20. The number of ether oxygens (including phenoxy) is 1. The number of hydrogen-bond acceptors (Lipinski definition) is 2. The van der Waals surface area contributed by atoms with E-state index in [0.717, 1.165) is 35.0 Å². The smallest absolute Gasteiger partial charge is 0.251 e. The maximum Gasteiger partial charge on any atom is 0.251 e. The van der Waals surface area contributed by atoms with Gasteiger partial charge in [-0.25, -0.2) is 0 Å². The highest BCUT2D eigenvalue weighted by Crippen LogP contribution is 2.24. The number of rotatable bonds is 3. The fourth-order valence-corrected chi connectivity index (χ4v) is 2.75. The Labute approximate surface area is 118 Å². The normalized spacial score (nSPS) is 21.8. The van der Waals surface area contributed by atoms with Crippen LogP contribution in [0, 0.1) is 13.8 Å². The van der Waals surface area contributed by atoms with E-state index < -0.39 is 0 Å². The van der Waals surface area contributed by atoms with Gasteiger partial charge in [-0.1, -0.05) is 0 Å². The van der Waals surface area contributed by atoms with Gasteiger partial charge in [-0.15, -0.1) is 0 Å². The Bertz CT molecular complexity index is 654. The van der Waals surface area contributed by atoms with Crippen LogP contribution in [0.1, 0.15) is 34.5 Å². The number of nitrogens with one attached hydrogen (secondary N) is 2. The van der Waals surface area contributed by atoms with Crippen LogP contribution < -0.4 is 5.32 Å². The van der Waals surface area contributed by atoms with Crippen LogP contribution in [0.4, 0.5) is 0 Å². The van der Waals surface area contributed by atoms with Gasteiger partial charge in [-0.05, 0) is 50.5 Å². The summed E-state index contributed by atoms with van der Waals surface area (Å²) in [6, 6.07) is 6.07. The first-order valence-corrected chi connectivity index (χ1v) is 7.01. The highest BCUT2D eigenvalue weighted by atomic mass is 16.5. The van der Waals surface area contributed by atoms with Crippen LogP contribution in [-0.4, -0.2) is 30.1 Å². The number of hydrogen-bond donors (Lipinski definition) is 2. The first kappa shape index (κ1) is 13.2. The molecule has 1 amide bonds. The Morgan fingerprint density at radius 1 is 1.35 bits per heavy atom. The SMILES string of the molecule is COC1CC(NC(=O)c2ccc3[nH]c(C)c(C)c3c2)C1. The number of methoxy groups -OCH3 is 1. The van der Waals surface area contributed by atoms with E-state index in [1.54, 1.807) is 7.11 Å². The highest BCUT2D eigenvalue weighted by Gasteiger charge is 2.30. The van der Waals surface area contributed by atoms with E-state index in [9.17, 15) is 4.79 Å². The molecule has 1 saturated carbocycles. The van der Waals surface area contributed by atoms with Crippen LogP contribution >= 0.6 is 0 Å². The maximum atomic E-state index is 12.2. The van der Waals surface area contributed by atoms with Gasteiger partial charge in [0.25, 0.3) is 5.91 Å². The lowest BCUT2D eigenvalue weighted by molar-refractivity contribution is 0.0176. The van der Waals surface area contributed by atoms with Gasteiger partial charge in [0.15, 0.2) is 0 Å². The van der Waals surface area contributed by atoms with Crippen molar-refractivity contribution >= 4 is 16.8 Å². The molecule has 106 valence electrons. The van der Waals surface area contributed by atoms with Crippen LogP contribution in [0.5, 0.6) is 0 Å². The van der Waals surface area contributed by atoms with Crippen molar-refractivity contribution in [2.45, 2.75) is 38.8 Å². The summed E-state index contributed by atoms with van der Waals surface area (Å²) in [5.74, 6) is 0.00436. The zero-order valence-corrected chi connectivity index (χ0v) is 12.1. The van der Waals surface area contributed by atoms with E-state index in [1.807, 2.05) is 25.1 Å². The van der Waals surface area contributed by atoms with E-state index in [2.05, 4.69) is 17.2 Å². The van der Waals surface area contributed by atoms with Gasteiger partial charge < -0.3 is 15.0 Å². The number of amides is 1. The van der Waals surface area contributed by atoms with Crippen molar-refractivity contribution in [2.24, 2.45) is 0 Å². The van der Waals surface area contributed by atoms with Crippen LogP contribution in [0.3, 0.4) is 0 Å². The van der Waals surface area contributed by atoms with Crippen molar-refractivity contribution < 1.29 is 9.53 Å². The molecular weight excluding hydrogens is 252 g/mol. The fourth-order valence-electron chi connectivity index (χ4n) is 2.75.